The van der Waals surface area contributed by atoms with Crippen LogP contribution in [0.4, 0.5) is 13.2 Å². The van der Waals surface area contributed by atoms with Crippen LogP contribution >= 0.6 is 0 Å². The average molecular weight is 323 g/mol. The number of aliphatic hydroxyl groups is 2. The van der Waals surface area contributed by atoms with E-state index in [4.69, 9.17) is 4.74 Å². The Labute approximate surface area is 126 Å². The third kappa shape index (κ3) is 3.96. The van der Waals surface area contributed by atoms with Gasteiger partial charge >= 0.3 is 6.18 Å². The van der Waals surface area contributed by atoms with Crippen LogP contribution in [0.5, 0.6) is 0 Å². The molecular formula is C13H20F3N3O3. The summed E-state index contributed by atoms with van der Waals surface area (Å²) in [5, 5.41) is 22.7. The molecule has 1 saturated heterocycles. The largest absolute Gasteiger partial charge is 0.411 e. The van der Waals surface area contributed by atoms with Crippen LogP contribution < -0.4 is 5.32 Å². The molecule has 0 aromatic heterocycles. The lowest BCUT2D eigenvalue weighted by Crippen LogP contribution is -2.59. The van der Waals surface area contributed by atoms with Crippen LogP contribution in [-0.4, -0.2) is 65.6 Å². The molecule has 0 aromatic carbocycles. The van der Waals surface area contributed by atoms with E-state index < -0.39 is 36.6 Å². The molecule has 1 unspecified atom stereocenters. The molecule has 0 aromatic rings. The first-order valence-electron chi connectivity index (χ1n) is 7.24. The molecule has 0 bridgehead atoms. The number of nitrogens with one attached hydrogen (secondary N) is 1. The van der Waals surface area contributed by atoms with Gasteiger partial charge in [0, 0.05) is 12.6 Å². The highest BCUT2D eigenvalue weighted by Gasteiger charge is 2.42. The van der Waals surface area contributed by atoms with Crippen molar-refractivity contribution in [1.29, 1.82) is 0 Å². The van der Waals surface area contributed by atoms with Gasteiger partial charge in [-0.15, -0.1) is 0 Å². The highest BCUT2D eigenvalue weighted by Crippen LogP contribution is 2.26. The molecule has 2 heterocycles. The highest BCUT2D eigenvalue weighted by atomic mass is 19.4. The molecule has 126 valence electrons. The van der Waals surface area contributed by atoms with Crippen molar-refractivity contribution in [2.75, 3.05) is 6.61 Å². The second-order valence-electron chi connectivity index (χ2n) is 5.45. The smallest absolute Gasteiger partial charge is 0.388 e. The van der Waals surface area contributed by atoms with Gasteiger partial charge in [0.05, 0.1) is 18.8 Å². The maximum absolute atomic E-state index is 12.7. The topological polar surface area (TPSA) is 86.4 Å². The standard InChI is InChI=1S/C13H20F3N3O3/c1-2-3-8-11(21)10(20)7(6-22-8)18-12-17-5-4-9(19-12)13(14,15)16/h5,7-11,20-21H,2-4,6H2,1H3,(H,18,19)/t7-,8+,9?,10+,11-/m0/s1. The number of aliphatic hydroxyl groups excluding tert-OH is 2. The van der Waals surface area contributed by atoms with Crippen LogP contribution in [0, 0.1) is 0 Å². The predicted molar refractivity (Wildman–Crippen MR) is 74.0 cm³/mol. The lowest BCUT2D eigenvalue weighted by molar-refractivity contribution is -0.150. The summed E-state index contributed by atoms with van der Waals surface area (Å²) in [5.74, 6) is -0.206. The van der Waals surface area contributed by atoms with Gasteiger partial charge in [-0.3, -0.25) is 0 Å². The average Bonchev–Trinajstić information content (AvgIpc) is 2.46. The molecule has 9 heteroatoms. The Morgan fingerprint density at radius 3 is 2.73 bits per heavy atom. The minimum atomic E-state index is -4.44. The molecule has 2 aliphatic heterocycles. The van der Waals surface area contributed by atoms with E-state index in [1.54, 1.807) is 0 Å². The van der Waals surface area contributed by atoms with E-state index in [-0.39, 0.29) is 19.0 Å². The van der Waals surface area contributed by atoms with Crippen molar-refractivity contribution >= 4 is 12.2 Å². The Balaban J connectivity index is 1.99. The second kappa shape index (κ2) is 6.93. The number of halogens is 3. The number of hydrogen-bond acceptors (Lipinski definition) is 6. The van der Waals surface area contributed by atoms with Crippen molar-refractivity contribution in [2.24, 2.45) is 9.98 Å². The van der Waals surface area contributed by atoms with Crippen LogP contribution in [-0.2, 0) is 4.74 Å². The zero-order chi connectivity index (χ0) is 16.3. The number of nitrogens with zero attached hydrogens (tertiary/aromatic N) is 2. The zero-order valence-electron chi connectivity index (χ0n) is 12.1. The summed E-state index contributed by atoms with van der Waals surface area (Å²) in [7, 11) is 0. The van der Waals surface area contributed by atoms with E-state index in [1.807, 2.05) is 6.92 Å². The molecule has 22 heavy (non-hydrogen) atoms. The minimum Gasteiger partial charge on any atom is -0.388 e. The maximum atomic E-state index is 12.7. The van der Waals surface area contributed by atoms with Gasteiger partial charge in [0.15, 0.2) is 6.04 Å². The van der Waals surface area contributed by atoms with Crippen molar-refractivity contribution in [3.05, 3.63) is 0 Å². The number of aliphatic imine (C=N–C) groups is 2. The number of guanidine groups is 1. The fourth-order valence-electron chi connectivity index (χ4n) is 2.47. The quantitative estimate of drug-likeness (QED) is 0.711. The van der Waals surface area contributed by atoms with Gasteiger partial charge in [-0.05, 0) is 6.42 Å². The normalized spacial score (nSPS) is 36.1. The fraction of sp³-hybridized carbons (Fsp3) is 0.846. The summed E-state index contributed by atoms with van der Waals surface area (Å²) in [6.07, 6.45) is -4.95. The van der Waals surface area contributed by atoms with Crippen molar-refractivity contribution in [1.82, 2.24) is 5.32 Å². The number of hydrogen-bond donors (Lipinski definition) is 3. The predicted octanol–water partition coefficient (Wildman–Crippen LogP) is 0.627. The van der Waals surface area contributed by atoms with Crippen LogP contribution in [0.1, 0.15) is 26.2 Å². The highest BCUT2D eigenvalue weighted by molar-refractivity contribution is 5.90. The fourth-order valence-corrected chi connectivity index (χ4v) is 2.47. The Morgan fingerprint density at radius 1 is 1.36 bits per heavy atom. The SMILES string of the molecule is CCC[C@H]1OC[C@H](NC2=NC(C(F)(F)F)CC=N2)[C@@H](O)[C@H]1O. The first-order valence-corrected chi connectivity index (χ1v) is 7.24. The van der Waals surface area contributed by atoms with Crippen molar-refractivity contribution in [3.8, 4) is 0 Å². The van der Waals surface area contributed by atoms with E-state index in [0.29, 0.717) is 6.42 Å². The third-order valence-corrected chi connectivity index (χ3v) is 3.72. The van der Waals surface area contributed by atoms with Crippen molar-refractivity contribution in [3.63, 3.8) is 0 Å². The molecule has 0 radical (unpaired) electrons. The van der Waals surface area contributed by atoms with Gasteiger partial charge < -0.3 is 20.3 Å². The summed E-state index contributed by atoms with van der Waals surface area (Å²) in [6, 6.07) is -2.60. The molecule has 1 fully saturated rings. The molecule has 3 N–H and O–H groups in total. The summed E-state index contributed by atoms with van der Waals surface area (Å²) < 4.78 is 43.4. The van der Waals surface area contributed by atoms with Gasteiger partial charge in [-0.25, -0.2) is 9.98 Å². The van der Waals surface area contributed by atoms with Gasteiger partial charge in [-0.1, -0.05) is 13.3 Å². The van der Waals surface area contributed by atoms with Crippen molar-refractivity contribution in [2.45, 2.75) is 62.8 Å². The first kappa shape index (κ1) is 17.2. The Morgan fingerprint density at radius 2 is 2.09 bits per heavy atom. The van der Waals surface area contributed by atoms with Gasteiger partial charge in [0.2, 0.25) is 5.96 Å². The summed E-state index contributed by atoms with van der Waals surface area (Å²) in [5.41, 5.74) is 0. The molecule has 0 amide bonds. The summed E-state index contributed by atoms with van der Waals surface area (Å²) in [4.78, 5) is 7.26. The number of alkyl halides is 3. The molecule has 2 rings (SSSR count). The van der Waals surface area contributed by atoms with E-state index in [2.05, 4.69) is 15.3 Å². The van der Waals surface area contributed by atoms with E-state index in [9.17, 15) is 23.4 Å². The number of rotatable bonds is 3. The van der Waals surface area contributed by atoms with Crippen molar-refractivity contribution < 1.29 is 28.1 Å². The molecule has 0 saturated carbocycles. The zero-order valence-corrected chi connectivity index (χ0v) is 12.1. The van der Waals surface area contributed by atoms with E-state index in [0.717, 1.165) is 12.6 Å². The van der Waals surface area contributed by atoms with Crippen LogP contribution in [0.3, 0.4) is 0 Å². The summed E-state index contributed by atoms with van der Waals surface area (Å²) >= 11 is 0. The van der Waals surface area contributed by atoms with Gasteiger partial charge in [0.1, 0.15) is 12.2 Å². The maximum Gasteiger partial charge on any atom is 0.411 e. The molecule has 2 aliphatic rings. The molecule has 5 atom stereocenters. The number of ether oxygens (including phenoxy) is 1. The molecule has 0 spiro atoms. The Bertz CT molecular complexity index is 442. The van der Waals surface area contributed by atoms with Gasteiger partial charge in [0.25, 0.3) is 0 Å². The van der Waals surface area contributed by atoms with E-state index >= 15 is 0 Å². The summed E-state index contributed by atoms with van der Waals surface area (Å²) in [6.45, 7) is 1.99. The lowest BCUT2D eigenvalue weighted by Gasteiger charge is -2.38. The minimum absolute atomic E-state index is 0.0636. The van der Waals surface area contributed by atoms with Gasteiger partial charge in [-0.2, -0.15) is 13.2 Å². The molecule has 6 nitrogen and oxygen atoms in total. The molecule has 0 aliphatic carbocycles. The Kier molecular flexibility index (Phi) is 5.41. The second-order valence-corrected chi connectivity index (χ2v) is 5.45. The first-order chi connectivity index (χ1) is 10.3. The molecular weight excluding hydrogens is 303 g/mol. The third-order valence-electron chi connectivity index (χ3n) is 3.72. The monoisotopic (exact) mass is 323 g/mol. The van der Waals surface area contributed by atoms with Crippen LogP contribution in [0.15, 0.2) is 9.98 Å². The van der Waals surface area contributed by atoms with Crippen LogP contribution in [0.2, 0.25) is 0 Å². The Hall–Kier alpha value is -1.19. The van der Waals surface area contributed by atoms with Crippen LogP contribution in [0.25, 0.3) is 0 Å². The van der Waals surface area contributed by atoms with E-state index in [1.165, 1.54) is 0 Å². The lowest BCUT2D eigenvalue weighted by atomic mass is 9.95.